The maximum atomic E-state index is 12.3. The zero-order chi connectivity index (χ0) is 15.8. The van der Waals surface area contributed by atoms with Gasteiger partial charge in [0.2, 0.25) is 12.3 Å². The number of benzene rings is 1. The second kappa shape index (κ2) is 8.54. The topological polar surface area (TPSA) is 43.9 Å². The lowest BCUT2D eigenvalue weighted by Crippen LogP contribution is -2.48. The van der Waals surface area contributed by atoms with Crippen LogP contribution < -0.4 is 0 Å². The van der Waals surface area contributed by atoms with E-state index in [0.717, 1.165) is 26.0 Å². The summed E-state index contributed by atoms with van der Waals surface area (Å²) in [6.45, 7) is 7.32. The van der Waals surface area contributed by atoms with Crippen LogP contribution in [0.25, 0.3) is 0 Å². The Morgan fingerprint density at radius 2 is 1.86 bits per heavy atom. The van der Waals surface area contributed by atoms with Gasteiger partial charge in [-0.05, 0) is 12.1 Å². The molecule has 1 fully saturated rings. The molecule has 1 aliphatic heterocycles. The molecule has 2 amide bonds. The highest BCUT2D eigenvalue weighted by Crippen LogP contribution is 2.07. The Labute approximate surface area is 132 Å². The Hall–Kier alpha value is -1.88. The van der Waals surface area contributed by atoms with E-state index in [1.165, 1.54) is 5.56 Å². The van der Waals surface area contributed by atoms with Gasteiger partial charge in [-0.2, -0.15) is 0 Å². The van der Waals surface area contributed by atoms with E-state index in [0.29, 0.717) is 32.6 Å². The minimum Gasteiger partial charge on any atom is -0.342 e. The van der Waals surface area contributed by atoms with Crippen molar-refractivity contribution in [1.82, 2.24) is 14.7 Å². The number of hydrogen-bond donors (Lipinski definition) is 0. The molecule has 22 heavy (non-hydrogen) atoms. The van der Waals surface area contributed by atoms with E-state index in [-0.39, 0.29) is 5.91 Å². The molecular formula is C17H25N3O2. The minimum atomic E-state index is 0.192. The zero-order valence-corrected chi connectivity index (χ0v) is 13.3. The van der Waals surface area contributed by atoms with Crippen molar-refractivity contribution in [2.45, 2.75) is 19.9 Å². The molecule has 120 valence electrons. The fourth-order valence-electron chi connectivity index (χ4n) is 2.68. The number of piperazine rings is 1. The van der Waals surface area contributed by atoms with Gasteiger partial charge in [0.15, 0.2) is 0 Å². The van der Waals surface area contributed by atoms with Crippen molar-refractivity contribution in [2.24, 2.45) is 0 Å². The summed E-state index contributed by atoms with van der Waals surface area (Å²) in [5, 5.41) is 0. The van der Waals surface area contributed by atoms with Gasteiger partial charge < -0.3 is 9.80 Å². The van der Waals surface area contributed by atoms with Crippen molar-refractivity contribution in [3.63, 3.8) is 0 Å². The molecule has 5 heteroatoms. The molecule has 0 saturated carbocycles. The van der Waals surface area contributed by atoms with Crippen LogP contribution in [-0.2, 0) is 16.1 Å². The highest BCUT2D eigenvalue weighted by Gasteiger charge is 2.20. The SMILES string of the molecule is CCN(CCC(=O)N1CCN(C=O)CC1)Cc1ccccc1. The lowest BCUT2D eigenvalue weighted by Gasteiger charge is -2.33. The van der Waals surface area contributed by atoms with Gasteiger partial charge in [0.25, 0.3) is 0 Å². The fraction of sp³-hybridized carbons (Fsp3) is 0.529. The first-order valence-corrected chi connectivity index (χ1v) is 7.96. The number of hydrogen-bond acceptors (Lipinski definition) is 3. The average molecular weight is 303 g/mol. The van der Waals surface area contributed by atoms with Crippen LogP contribution in [-0.4, -0.2) is 66.3 Å². The maximum absolute atomic E-state index is 12.3. The number of rotatable bonds is 7. The minimum absolute atomic E-state index is 0.192. The molecule has 1 aliphatic rings. The van der Waals surface area contributed by atoms with Crippen LogP contribution in [0.1, 0.15) is 18.9 Å². The normalized spacial score (nSPS) is 15.2. The van der Waals surface area contributed by atoms with Crippen LogP contribution in [0, 0.1) is 0 Å². The van der Waals surface area contributed by atoms with Crippen molar-refractivity contribution in [1.29, 1.82) is 0 Å². The van der Waals surface area contributed by atoms with Crippen LogP contribution in [0.4, 0.5) is 0 Å². The Morgan fingerprint density at radius 1 is 1.18 bits per heavy atom. The summed E-state index contributed by atoms with van der Waals surface area (Å²) < 4.78 is 0. The summed E-state index contributed by atoms with van der Waals surface area (Å²) in [7, 11) is 0. The lowest BCUT2D eigenvalue weighted by molar-refractivity contribution is -0.135. The molecular weight excluding hydrogens is 278 g/mol. The Kier molecular flexibility index (Phi) is 6.40. The van der Waals surface area contributed by atoms with Gasteiger partial charge in [-0.1, -0.05) is 37.3 Å². The van der Waals surface area contributed by atoms with E-state index >= 15 is 0 Å². The molecule has 0 radical (unpaired) electrons. The van der Waals surface area contributed by atoms with Crippen LogP contribution in [0.2, 0.25) is 0 Å². The smallest absolute Gasteiger partial charge is 0.223 e. The first-order chi connectivity index (χ1) is 10.7. The predicted octanol–water partition coefficient (Wildman–Crippen LogP) is 1.20. The Balaban J connectivity index is 1.75. The number of carbonyl (C=O) groups excluding carboxylic acids is 2. The molecule has 0 aliphatic carbocycles. The van der Waals surface area contributed by atoms with Crippen molar-refractivity contribution >= 4 is 12.3 Å². The van der Waals surface area contributed by atoms with Gasteiger partial charge in [-0.15, -0.1) is 0 Å². The third-order valence-corrected chi connectivity index (χ3v) is 4.15. The van der Waals surface area contributed by atoms with E-state index in [2.05, 4.69) is 24.0 Å². The largest absolute Gasteiger partial charge is 0.342 e. The van der Waals surface area contributed by atoms with Crippen molar-refractivity contribution < 1.29 is 9.59 Å². The molecule has 0 N–H and O–H groups in total. The summed E-state index contributed by atoms with van der Waals surface area (Å²) in [5.41, 5.74) is 1.27. The number of nitrogens with zero attached hydrogens (tertiary/aromatic N) is 3. The van der Waals surface area contributed by atoms with E-state index < -0.39 is 0 Å². The first kappa shape index (κ1) is 16.5. The quantitative estimate of drug-likeness (QED) is 0.711. The molecule has 2 rings (SSSR count). The fourth-order valence-corrected chi connectivity index (χ4v) is 2.68. The van der Waals surface area contributed by atoms with Gasteiger partial charge in [0.1, 0.15) is 0 Å². The van der Waals surface area contributed by atoms with Crippen LogP contribution in [0.5, 0.6) is 0 Å². The number of carbonyl (C=O) groups is 2. The molecule has 5 nitrogen and oxygen atoms in total. The Morgan fingerprint density at radius 3 is 2.45 bits per heavy atom. The van der Waals surface area contributed by atoms with Crippen LogP contribution in [0.15, 0.2) is 30.3 Å². The number of amides is 2. The first-order valence-electron chi connectivity index (χ1n) is 7.96. The molecule has 0 atom stereocenters. The molecule has 0 bridgehead atoms. The third kappa shape index (κ3) is 4.84. The summed E-state index contributed by atoms with van der Waals surface area (Å²) >= 11 is 0. The lowest BCUT2D eigenvalue weighted by atomic mass is 10.2. The summed E-state index contributed by atoms with van der Waals surface area (Å²) in [5.74, 6) is 0.192. The van der Waals surface area contributed by atoms with E-state index in [9.17, 15) is 9.59 Å². The second-order valence-corrected chi connectivity index (χ2v) is 5.63. The van der Waals surface area contributed by atoms with Gasteiger partial charge in [0.05, 0.1) is 0 Å². The second-order valence-electron chi connectivity index (χ2n) is 5.63. The average Bonchev–Trinajstić information content (AvgIpc) is 2.59. The van der Waals surface area contributed by atoms with Crippen molar-refractivity contribution in [3.05, 3.63) is 35.9 Å². The molecule has 0 aromatic heterocycles. The van der Waals surface area contributed by atoms with Crippen LogP contribution >= 0.6 is 0 Å². The summed E-state index contributed by atoms with van der Waals surface area (Å²) in [4.78, 5) is 28.8. The van der Waals surface area contributed by atoms with Crippen molar-refractivity contribution in [3.8, 4) is 0 Å². The van der Waals surface area contributed by atoms with Crippen molar-refractivity contribution in [2.75, 3.05) is 39.3 Å². The molecule has 1 aromatic rings. The molecule has 0 unspecified atom stereocenters. The molecule has 1 aromatic carbocycles. The highest BCUT2D eigenvalue weighted by atomic mass is 16.2. The maximum Gasteiger partial charge on any atom is 0.223 e. The summed E-state index contributed by atoms with van der Waals surface area (Å²) in [6, 6.07) is 10.3. The highest BCUT2D eigenvalue weighted by molar-refractivity contribution is 5.76. The predicted molar refractivity (Wildman–Crippen MR) is 86.2 cm³/mol. The van der Waals surface area contributed by atoms with Gasteiger partial charge in [-0.3, -0.25) is 14.5 Å². The summed E-state index contributed by atoms with van der Waals surface area (Å²) in [6.07, 6.45) is 1.41. The van der Waals surface area contributed by atoms with E-state index in [1.54, 1.807) is 4.90 Å². The molecule has 1 saturated heterocycles. The Bertz CT molecular complexity index is 470. The molecule has 0 spiro atoms. The zero-order valence-electron chi connectivity index (χ0n) is 13.3. The molecule has 1 heterocycles. The van der Waals surface area contributed by atoms with E-state index in [4.69, 9.17) is 0 Å². The van der Waals surface area contributed by atoms with E-state index in [1.807, 2.05) is 23.1 Å². The third-order valence-electron chi connectivity index (χ3n) is 4.15. The van der Waals surface area contributed by atoms with Gasteiger partial charge >= 0.3 is 0 Å². The standard InChI is InChI=1S/C17H25N3O2/c1-2-18(14-16-6-4-3-5-7-16)9-8-17(22)20-12-10-19(15-21)11-13-20/h3-7,15H,2,8-14H2,1H3. The van der Waals surface area contributed by atoms with Crippen LogP contribution in [0.3, 0.4) is 0 Å². The van der Waals surface area contributed by atoms with Gasteiger partial charge in [0, 0.05) is 45.7 Å². The monoisotopic (exact) mass is 303 g/mol. The van der Waals surface area contributed by atoms with Gasteiger partial charge in [-0.25, -0.2) is 0 Å².